The molecule has 0 aliphatic rings. The molecule has 0 saturated carbocycles. The molecule has 6 heteroatoms. The summed E-state index contributed by atoms with van der Waals surface area (Å²) >= 11 is 1.51. The number of thiazole rings is 1. The molecule has 0 fully saturated rings. The first-order valence-corrected chi connectivity index (χ1v) is 8.55. The average Bonchev–Trinajstić information content (AvgIpc) is 3.14. The van der Waals surface area contributed by atoms with Crippen LogP contribution in [0.3, 0.4) is 0 Å². The number of aryl methyl sites for hydroxylation is 4. The highest BCUT2D eigenvalue weighted by molar-refractivity contribution is 7.13. The van der Waals surface area contributed by atoms with Crippen molar-refractivity contribution in [3.63, 3.8) is 0 Å². The number of hydrogen-bond acceptors (Lipinski definition) is 4. The Hall–Kier alpha value is -2.08. The van der Waals surface area contributed by atoms with Gasteiger partial charge >= 0.3 is 0 Å². The quantitative estimate of drug-likeness (QED) is 0.708. The summed E-state index contributed by atoms with van der Waals surface area (Å²) in [7, 11) is 0. The number of aromatic nitrogens is 4. The first kappa shape index (κ1) is 15.8. The number of hydrogen-bond donors (Lipinski definition) is 0. The fraction of sp³-hybridized carbons (Fsp3) is 0.353. The second kappa shape index (κ2) is 6.58. The van der Waals surface area contributed by atoms with E-state index < -0.39 is 6.67 Å². The van der Waals surface area contributed by atoms with Gasteiger partial charge in [0.15, 0.2) is 5.01 Å². The van der Waals surface area contributed by atoms with Crippen LogP contribution in [-0.4, -0.2) is 26.4 Å². The standard InChI is InChI=1S/C17H19FN4S/c1-4-13-7-5-6-11(2)15(13)22-14(8-9-18)20-16(21-22)17-19-12(3)10-23-17/h5-7,10H,4,8-9H2,1-3H3. The van der Waals surface area contributed by atoms with Gasteiger partial charge in [-0.25, -0.2) is 14.6 Å². The lowest BCUT2D eigenvalue weighted by atomic mass is 10.1. The summed E-state index contributed by atoms with van der Waals surface area (Å²) in [6.45, 7) is 5.64. The van der Waals surface area contributed by atoms with E-state index in [9.17, 15) is 4.39 Å². The van der Waals surface area contributed by atoms with Gasteiger partial charge in [-0.3, -0.25) is 4.39 Å². The van der Waals surface area contributed by atoms with Crippen molar-refractivity contribution >= 4 is 11.3 Å². The molecule has 0 aliphatic carbocycles. The Kier molecular flexibility index (Phi) is 4.52. The maximum atomic E-state index is 13.0. The Balaban J connectivity index is 2.17. The summed E-state index contributed by atoms with van der Waals surface area (Å²) < 4.78 is 14.8. The van der Waals surface area contributed by atoms with Gasteiger partial charge in [0, 0.05) is 17.5 Å². The van der Waals surface area contributed by atoms with Crippen molar-refractivity contribution in [1.82, 2.24) is 19.7 Å². The molecule has 0 unspecified atom stereocenters. The van der Waals surface area contributed by atoms with Crippen LogP contribution in [0, 0.1) is 13.8 Å². The third kappa shape index (κ3) is 3.03. The second-order valence-corrected chi connectivity index (χ2v) is 6.29. The Labute approximate surface area is 139 Å². The zero-order valence-corrected chi connectivity index (χ0v) is 14.3. The largest absolute Gasteiger partial charge is 0.251 e. The monoisotopic (exact) mass is 330 g/mol. The normalized spacial score (nSPS) is 11.1. The Morgan fingerprint density at radius 1 is 1.22 bits per heavy atom. The van der Waals surface area contributed by atoms with Crippen LogP contribution >= 0.6 is 11.3 Å². The molecule has 2 aromatic heterocycles. The zero-order chi connectivity index (χ0) is 16.4. The topological polar surface area (TPSA) is 43.6 Å². The maximum absolute atomic E-state index is 13.0. The van der Waals surface area contributed by atoms with Gasteiger partial charge in [0.25, 0.3) is 0 Å². The minimum atomic E-state index is -0.456. The fourth-order valence-electron chi connectivity index (χ4n) is 2.63. The molecule has 2 heterocycles. The highest BCUT2D eigenvalue weighted by Crippen LogP contribution is 2.25. The first-order chi connectivity index (χ1) is 11.1. The lowest BCUT2D eigenvalue weighted by Crippen LogP contribution is -2.08. The highest BCUT2D eigenvalue weighted by atomic mass is 32.1. The zero-order valence-electron chi connectivity index (χ0n) is 13.5. The summed E-state index contributed by atoms with van der Waals surface area (Å²) in [5, 5.41) is 7.38. The SMILES string of the molecule is CCc1cccc(C)c1-n1nc(-c2nc(C)cs2)nc1CCF. The van der Waals surface area contributed by atoms with Gasteiger partial charge in [0.2, 0.25) is 5.82 Å². The van der Waals surface area contributed by atoms with E-state index in [2.05, 4.69) is 28.1 Å². The molecule has 3 rings (SSSR count). The van der Waals surface area contributed by atoms with Gasteiger partial charge in [-0.2, -0.15) is 0 Å². The first-order valence-electron chi connectivity index (χ1n) is 7.67. The van der Waals surface area contributed by atoms with Crippen molar-refractivity contribution in [2.75, 3.05) is 6.67 Å². The molecular formula is C17H19FN4S. The third-order valence-electron chi connectivity index (χ3n) is 3.72. The molecule has 0 atom stereocenters. The predicted octanol–water partition coefficient (Wildman–Crippen LogP) is 4.08. The van der Waals surface area contributed by atoms with Crippen LogP contribution in [0.15, 0.2) is 23.6 Å². The van der Waals surface area contributed by atoms with Crippen molar-refractivity contribution < 1.29 is 4.39 Å². The van der Waals surface area contributed by atoms with Gasteiger partial charge in [-0.15, -0.1) is 16.4 Å². The minimum absolute atomic E-state index is 0.245. The van der Waals surface area contributed by atoms with E-state index in [4.69, 9.17) is 0 Å². The van der Waals surface area contributed by atoms with Crippen LogP contribution in [-0.2, 0) is 12.8 Å². The fourth-order valence-corrected chi connectivity index (χ4v) is 3.35. The average molecular weight is 330 g/mol. The molecule has 1 aromatic carbocycles. The Morgan fingerprint density at radius 2 is 2.04 bits per heavy atom. The van der Waals surface area contributed by atoms with Gasteiger partial charge in [0.1, 0.15) is 5.82 Å². The van der Waals surface area contributed by atoms with Gasteiger partial charge in [0.05, 0.1) is 12.4 Å². The van der Waals surface area contributed by atoms with Crippen molar-refractivity contribution in [2.24, 2.45) is 0 Å². The van der Waals surface area contributed by atoms with Crippen molar-refractivity contribution in [3.05, 3.63) is 46.2 Å². The molecule has 0 saturated heterocycles. The molecular weight excluding hydrogens is 311 g/mol. The molecule has 0 radical (unpaired) electrons. The van der Waals surface area contributed by atoms with E-state index >= 15 is 0 Å². The lowest BCUT2D eigenvalue weighted by molar-refractivity contribution is 0.484. The highest BCUT2D eigenvalue weighted by Gasteiger charge is 2.18. The number of rotatable bonds is 5. The number of para-hydroxylation sites is 1. The molecule has 0 bridgehead atoms. The van der Waals surface area contributed by atoms with E-state index in [0.717, 1.165) is 28.4 Å². The second-order valence-electron chi connectivity index (χ2n) is 5.43. The third-order valence-corrected chi connectivity index (χ3v) is 4.67. The number of nitrogens with zero attached hydrogens (tertiary/aromatic N) is 4. The molecule has 0 N–H and O–H groups in total. The van der Waals surface area contributed by atoms with Crippen LogP contribution in [0.4, 0.5) is 4.39 Å². The Morgan fingerprint density at radius 3 is 2.70 bits per heavy atom. The molecule has 0 spiro atoms. The number of alkyl halides is 1. The van der Waals surface area contributed by atoms with E-state index in [1.807, 2.05) is 31.4 Å². The maximum Gasteiger partial charge on any atom is 0.210 e. The minimum Gasteiger partial charge on any atom is -0.251 e. The summed E-state index contributed by atoms with van der Waals surface area (Å²) in [5.74, 6) is 1.20. The predicted molar refractivity (Wildman–Crippen MR) is 91.0 cm³/mol. The van der Waals surface area contributed by atoms with Crippen LogP contribution in [0.25, 0.3) is 16.5 Å². The van der Waals surface area contributed by atoms with Gasteiger partial charge < -0.3 is 0 Å². The number of benzene rings is 1. The Bertz CT molecular complexity index is 822. The van der Waals surface area contributed by atoms with Crippen molar-refractivity contribution in [1.29, 1.82) is 0 Å². The van der Waals surface area contributed by atoms with E-state index in [1.165, 1.54) is 16.9 Å². The molecule has 0 aliphatic heterocycles. The number of halogens is 1. The van der Waals surface area contributed by atoms with Crippen LogP contribution in [0.2, 0.25) is 0 Å². The summed E-state index contributed by atoms with van der Waals surface area (Å²) in [4.78, 5) is 8.98. The van der Waals surface area contributed by atoms with E-state index in [1.54, 1.807) is 4.68 Å². The smallest absolute Gasteiger partial charge is 0.210 e. The molecule has 120 valence electrons. The van der Waals surface area contributed by atoms with Crippen molar-refractivity contribution in [2.45, 2.75) is 33.6 Å². The molecule has 4 nitrogen and oxygen atoms in total. The van der Waals surface area contributed by atoms with Gasteiger partial charge in [-0.05, 0) is 31.4 Å². The summed E-state index contributed by atoms with van der Waals surface area (Å²) in [6.07, 6.45) is 1.13. The lowest BCUT2D eigenvalue weighted by Gasteiger charge is -2.12. The van der Waals surface area contributed by atoms with Crippen LogP contribution < -0.4 is 0 Å². The summed E-state index contributed by atoms with van der Waals surface area (Å²) in [6, 6.07) is 6.16. The summed E-state index contributed by atoms with van der Waals surface area (Å²) in [5.41, 5.74) is 4.23. The molecule has 0 amide bonds. The molecule has 3 aromatic rings. The van der Waals surface area contributed by atoms with Crippen LogP contribution in [0.1, 0.15) is 29.6 Å². The van der Waals surface area contributed by atoms with Crippen LogP contribution in [0.5, 0.6) is 0 Å². The van der Waals surface area contributed by atoms with E-state index in [-0.39, 0.29) is 6.42 Å². The molecule has 23 heavy (non-hydrogen) atoms. The van der Waals surface area contributed by atoms with Crippen molar-refractivity contribution in [3.8, 4) is 16.5 Å². The van der Waals surface area contributed by atoms with Gasteiger partial charge in [-0.1, -0.05) is 25.1 Å². The van der Waals surface area contributed by atoms with E-state index in [0.29, 0.717) is 11.6 Å².